The number of rotatable bonds is 2. The van der Waals surface area contributed by atoms with Crippen LogP contribution in [0.5, 0.6) is 0 Å². The first kappa shape index (κ1) is 16.8. The maximum Gasteiger partial charge on any atom is 0.435 e. The lowest BCUT2D eigenvalue weighted by Crippen LogP contribution is -2.51. The van der Waals surface area contributed by atoms with E-state index in [1.54, 1.807) is 13.8 Å². The summed E-state index contributed by atoms with van der Waals surface area (Å²) >= 11 is 0. The molecule has 1 fully saturated rings. The fourth-order valence-corrected chi connectivity index (χ4v) is 2.64. The van der Waals surface area contributed by atoms with E-state index in [1.165, 1.54) is 4.90 Å². The minimum atomic E-state index is -5.03. The van der Waals surface area contributed by atoms with Gasteiger partial charge in [-0.15, -0.1) is 0 Å². The van der Waals surface area contributed by atoms with Crippen LogP contribution >= 0.6 is 0 Å². The van der Waals surface area contributed by atoms with Crippen molar-refractivity contribution in [3.05, 3.63) is 17.6 Å². The molecule has 1 unspecified atom stereocenters. The lowest BCUT2D eigenvalue weighted by molar-refractivity contribution is -0.143. The number of hydrogen-bond acceptors (Lipinski definition) is 3. The largest absolute Gasteiger partial charge is 0.435 e. The fraction of sp³-hybridized carbons (Fsp3) is 0.692. The van der Waals surface area contributed by atoms with Crippen molar-refractivity contribution in [3.63, 3.8) is 0 Å². The van der Waals surface area contributed by atoms with Crippen molar-refractivity contribution in [2.75, 3.05) is 11.4 Å². The Balaban J connectivity index is 2.45. The van der Waals surface area contributed by atoms with E-state index in [9.17, 15) is 26.3 Å². The first-order valence-electron chi connectivity index (χ1n) is 6.66. The molecule has 0 aliphatic carbocycles. The highest BCUT2D eigenvalue weighted by Gasteiger charge is 2.41. The lowest BCUT2D eigenvalue weighted by atomic mass is 9.89. The number of hydrogen-bond donors (Lipinski definition) is 0. The summed E-state index contributed by atoms with van der Waals surface area (Å²) in [4.78, 5) is 8.05. The first-order valence-corrected chi connectivity index (χ1v) is 6.66. The number of nitrogens with zero attached hydrogens (tertiary/aromatic N) is 3. The highest BCUT2D eigenvalue weighted by molar-refractivity contribution is 5.42. The molecular formula is C13H15F6N3. The van der Waals surface area contributed by atoms with E-state index >= 15 is 0 Å². The molecule has 0 spiro atoms. The predicted octanol–water partition coefficient (Wildman–Crippen LogP) is 4.15. The number of aromatic nitrogens is 2. The molecule has 0 radical (unpaired) electrons. The summed E-state index contributed by atoms with van der Waals surface area (Å²) in [6.07, 6.45) is -8.31. The van der Waals surface area contributed by atoms with Crippen molar-refractivity contribution in [1.82, 2.24) is 9.97 Å². The Hall–Kier alpha value is -1.54. The SMILES string of the molecule is CC1(C)CC(F)CCN1c1cnc(C(F)F)c(C(F)(F)F)n1. The molecule has 1 atom stereocenters. The van der Waals surface area contributed by atoms with Gasteiger partial charge in [0.1, 0.15) is 17.7 Å². The molecule has 1 aromatic rings. The second-order valence-electron chi connectivity index (χ2n) is 5.81. The molecule has 2 heterocycles. The zero-order valence-corrected chi connectivity index (χ0v) is 12.0. The molecule has 1 aromatic heterocycles. The summed E-state index contributed by atoms with van der Waals surface area (Å²) in [5.74, 6) is -0.173. The van der Waals surface area contributed by atoms with Crippen LogP contribution in [0.15, 0.2) is 6.20 Å². The van der Waals surface area contributed by atoms with E-state index in [0.717, 1.165) is 6.20 Å². The van der Waals surface area contributed by atoms with Gasteiger partial charge in [0.25, 0.3) is 6.43 Å². The Labute approximate surface area is 123 Å². The molecule has 22 heavy (non-hydrogen) atoms. The van der Waals surface area contributed by atoms with E-state index in [4.69, 9.17) is 0 Å². The number of alkyl halides is 6. The van der Waals surface area contributed by atoms with Crippen LogP contribution < -0.4 is 4.90 Å². The maximum absolute atomic E-state index is 13.5. The Morgan fingerprint density at radius 3 is 2.45 bits per heavy atom. The molecule has 1 saturated heterocycles. The monoisotopic (exact) mass is 327 g/mol. The van der Waals surface area contributed by atoms with Gasteiger partial charge in [0.05, 0.1) is 6.20 Å². The first-order chi connectivity index (χ1) is 10.0. The minimum Gasteiger partial charge on any atom is -0.350 e. The van der Waals surface area contributed by atoms with Crippen LogP contribution in [0.4, 0.5) is 32.2 Å². The summed E-state index contributed by atoms with van der Waals surface area (Å²) in [5.41, 5.74) is -3.87. The van der Waals surface area contributed by atoms with Crippen LogP contribution in [-0.2, 0) is 6.18 Å². The van der Waals surface area contributed by atoms with E-state index in [-0.39, 0.29) is 25.2 Å². The van der Waals surface area contributed by atoms with Crippen molar-refractivity contribution < 1.29 is 26.3 Å². The van der Waals surface area contributed by atoms with E-state index < -0.39 is 35.7 Å². The molecule has 0 amide bonds. The molecule has 124 valence electrons. The molecule has 0 bridgehead atoms. The van der Waals surface area contributed by atoms with Gasteiger partial charge < -0.3 is 4.90 Å². The van der Waals surface area contributed by atoms with E-state index in [0.29, 0.717) is 0 Å². The molecular weight excluding hydrogens is 312 g/mol. The summed E-state index contributed by atoms with van der Waals surface area (Å²) in [7, 11) is 0. The standard InChI is InChI=1S/C13H15F6N3/c1-12(2)5-7(14)3-4-22(12)8-6-20-9(11(15)16)10(21-8)13(17,18)19/h6-7,11H,3-5H2,1-2H3. The van der Waals surface area contributed by atoms with E-state index in [1.807, 2.05) is 0 Å². The molecule has 2 rings (SSSR count). The summed E-state index contributed by atoms with van der Waals surface area (Å²) in [5, 5.41) is 0. The highest BCUT2D eigenvalue weighted by Crippen LogP contribution is 2.37. The predicted molar refractivity (Wildman–Crippen MR) is 67.5 cm³/mol. The summed E-state index contributed by atoms with van der Waals surface area (Å²) in [6, 6.07) is 0. The van der Waals surface area contributed by atoms with Gasteiger partial charge in [0.15, 0.2) is 5.69 Å². The Morgan fingerprint density at radius 2 is 1.95 bits per heavy atom. The highest BCUT2D eigenvalue weighted by atomic mass is 19.4. The van der Waals surface area contributed by atoms with Crippen LogP contribution in [-0.4, -0.2) is 28.2 Å². The second kappa shape index (κ2) is 5.58. The molecule has 1 aliphatic rings. The third-order valence-electron chi connectivity index (χ3n) is 3.66. The Morgan fingerprint density at radius 1 is 1.32 bits per heavy atom. The number of piperidine rings is 1. The van der Waals surface area contributed by atoms with Crippen molar-refractivity contribution in [1.29, 1.82) is 0 Å². The Kier molecular flexibility index (Phi) is 4.27. The number of anilines is 1. The van der Waals surface area contributed by atoms with E-state index in [2.05, 4.69) is 9.97 Å². The van der Waals surface area contributed by atoms with Gasteiger partial charge in [-0.25, -0.2) is 23.1 Å². The van der Waals surface area contributed by atoms with Crippen LogP contribution in [0.2, 0.25) is 0 Å². The molecule has 0 aromatic carbocycles. The second-order valence-corrected chi connectivity index (χ2v) is 5.81. The number of halogens is 6. The smallest absolute Gasteiger partial charge is 0.350 e. The molecule has 0 N–H and O–H groups in total. The minimum absolute atomic E-state index is 0.118. The van der Waals surface area contributed by atoms with Crippen molar-refractivity contribution in [2.45, 2.75) is 51.0 Å². The summed E-state index contributed by atoms with van der Waals surface area (Å²) in [6.45, 7) is 3.47. The quantitative estimate of drug-likeness (QED) is 0.764. The van der Waals surface area contributed by atoms with Crippen molar-refractivity contribution >= 4 is 5.82 Å². The van der Waals surface area contributed by atoms with Gasteiger partial charge >= 0.3 is 6.18 Å². The van der Waals surface area contributed by atoms with Crippen LogP contribution in [0, 0.1) is 0 Å². The van der Waals surface area contributed by atoms with Crippen LogP contribution in [0.1, 0.15) is 44.5 Å². The maximum atomic E-state index is 13.5. The van der Waals surface area contributed by atoms with Gasteiger partial charge in [0.2, 0.25) is 0 Å². The van der Waals surface area contributed by atoms with Gasteiger partial charge in [0, 0.05) is 18.5 Å². The zero-order chi connectivity index (χ0) is 16.7. The molecule has 0 saturated carbocycles. The average molecular weight is 327 g/mol. The Bertz CT molecular complexity index is 543. The fourth-order valence-electron chi connectivity index (χ4n) is 2.64. The average Bonchev–Trinajstić information content (AvgIpc) is 2.35. The van der Waals surface area contributed by atoms with Crippen molar-refractivity contribution in [3.8, 4) is 0 Å². The topological polar surface area (TPSA) is 29.0 Å². The third kappa shape index (κ3) is 3.27. The van der Waals surface area contributed by atoms with Gasteiger partial charge in [-0.2, -0.15) is 13.2 Å². The van der Waals surface area contributed by atoms with Gasteiger partial charge in [-0.1, -0.05) is 0 Å². The van der Waals surface area contributed by atoms with Crippen LogP contribution in [0.25, 0.3) is 0 Å². The third-order valence-corrected chi connectivity index (χ3v) is 3.66. The lowest BCUT2D eigenvalue weighted by Gasteiger charge is -2.44. The summed E-state index contributed by atoms with van der Waals surface area (Å²) < 4.78 is 77.5. The molecule has 1 aliphatic heterocycles. The molecule has 3 nitrogen and oxygen atoms in total. The van der Waals surface area contributed by atoms with Gasteiger partial charge in [-0.05, 0) is 20.3 Å². The van der Waals surface area contributed by atoms with Crippen LogP contribution in [0.3, 0.4) is 0 Å². The molecule has 9 heteroatoms. The zero-order valence-electron chi connectivity index (χ0n) is 12.0. The van der Waals surface area contributed by atoms with Crippen molar-refractivity contribution in [2.24, 2.45) is 0 Å². The normalized spacial score (nSPS) is 22.2. The van der Waals surface area contributed by atoms with Gasteiger partial charge in [-0.3, -0.25) is 0 Å².